The quantitative estimate of drug-likeness (QED) is 0.423. The van der Waals surface area contributed by atoms with E-state index in [4.69, 9.17) is 28.1 Å². The number of hydrogen-bond donors (Lipinski definition) is 1. The molecule has 160 valence electrons. The predicted octanol–water partition coefficient (Wildman–Crippen LogP) is 2.94. The van der Waals surface area contributed by atoms with Crippen LogP contribution in [0, 0.1) is 0 Å². The van der Waals surface area contributed by atoms with Crippen molar-refractivity contribution in [2.75, 3.05) is 34.9 Å². The highest BCUT2D eigenvalue weighted by Crippen LogP contribution is 2.39. The minimum Gasteiger partial charge on any atom is -0.469 e. The molecule has 8 nitrogen and oxygen atoms in total. The zero-order chi connectivity index (χ0) is 21.2. The summed E-state index contributed by atoms with van der Waals surface area (Å²) in [5.41, 5.74) is 1.23. The molecule has 8 heteroatoms. The lowest BCUT2D eigenvalue weighted by Crippen LogP contribution is -2.09. The van der Waals surface area contributed by atoms with Gasteiger partial charge in [0.25, 0.3) is 0 Å². The molecule has 1 unspecified atom stereocenters. The van der Waals surface area contributed by atoms with E-state index in [1.807, 2.05) is 12.1 Å². The fraction of sp³-hybridized carbons (Fsp3) is 0.476. The van der Waals surface area contributed by atoms with Crippen molar-refractivity contribution in [2.45, 2.75) is 32.3 Å². The normalized spacial score (nSPS) is 11.9. The van der Waals surface area contributed by atoms with Gasteiger partial charge in [-0.25, -0.2) is 0 Å². The molecule has 2 rings (SSSR count). The number of methoxy groups -OCH3 is 3. The molecule has 0 bridgehead atoms. The van der Waals surface area contributed by atoms with Gasteiger partial charge in [0.2, 0.25) is 0 Å². The van der Waals surface area contributed by atoms with E-state index in [1.54, 1.807) is 19.1 Å². The summed E-state index contributed by atoms with van der Waals surface area (Å²) in [4.78, 5) is 12.0. The number of aryl methyl sites for hydroxylation is 1. The van der Waals surface area contributed by atoms with Gasteiger partial charge in [0.05, 0.1) is 25.2 Å². The van der Waals surface area contributed by atoms with Gasteiger partial charge in [-0.2, -0.15) is 0 Å². The fourth-order valence-electron chi connectivity index (χ4n) is 2.74. The van der Waals surface area contributed by atoms with E-state index in [0.717, 1.165) is 5.76 Å². The summed E-state index contributed by atoms with van der Waals surface area (Å²) in [5.74, 6) is 1.77. The van der Waals surface area contributed by atoms with Gasteiger partial charge in [-0.15, -0.1) is 0 Å². The molecule has 0 saturated carbocycles. The Morgan fingerprint density at radius 1 is 1.10 bits per heavy atom. The van der Waals surface area contributed by atoms with Gasteiger partial charge in [-0.1, -0.05) is 0 Å². The van der Waals surface area contributed by atoms with E-state index >= 15 is 0 Å². The third-order valence-corrected chi connectivity index (χ3v) is 4.11. The summed E-state index contributed by atoms with van der Waals surface area (Å²) in [6.45, 7) is 1.78. The predicted molar refractivity (Wildman–Crippen MR) is 105 cm³/mol. The average molecular weight is 408 g/mol. The van der Waals surface area contributed by atoms with Crippen LogP contribution in [0.1, 0.15) is 24.7 Å². The van der Waals surface area contributed by atoms with Gasteiger partial charge in [-0.3, -0.25) is 4.79 Å². The van der Waals surface area contributed by atoms with Gasteiger partial charge >= 0.3 is 5.97 Å². The second-order valence-corrected chi connectivity index (χ2v) is 6.46. The van der Waals surface area contributed by atoms with Crippen molar-refractivity contribution >= 4 is 5.97 Å². The molecule has 0 amide bonds. The summed E-state index contributed by atoms with van der Waals surface area (Å²) >= 11 is 0. The van der Waals surface area contributed by atoms with Crippen LogP contribution < -0.4 is 9.47 Å². The Bertz CT molecular complexity index is 781. The molecular weight excluding hydrogens is 380 g/mol. The summed E-state index contributed by atoms with van der Waals surface area (Å²) in [6, 6.07) is 7.06. The summed E-state index contributed by atoms with van der Waals surface area (Å²) < 4.78 is 32.1. The highest BCUT2D eigenvalue weighted by Gasteiger charge is 2.21. The number of esters is 1. The minimum atomic E-state index is -0.420. The van der Waals surface area contributed by atoms with Crippen LogP contribution >= 0.6 is 0 Å². The number of hydrogen-bond acceptors (Lipinski definition) is 8. The Morgan fingerprint density at radius 2 is 1.83 bits per heavy atom. The average Bonchev–Trinajstić information content (AvgIpc) is 3.17. The van der Waals surface area contributed by atoms with Crippen molar-refractivity contribution in [3.05, 3.63) is 35.6 Å². The zero-order valence-corrected chi connectivity index (χ0v) is 17.2. The molecule has 1 atom stereocenters. The third kappa shape index (κ3) is 6.77. The zero-order valence-electron chi connectivity index (χ0n) is 17.2. The number of benzene rings is 1. The summed E-state index contributed by atoms with van der Waals surface area (Å²) in [5, 5.41) is 9.50. The molecule has 0 fully saturated rings. The van der Waals surface area contributed by atoms with Crippen LogP contribution in [0.25, 0.3) is 11.3 Å². The molecule has 1 N–H and O–H groups in total. The molecule has 0 aliphatic rings. The number of furan rings is 1. The van der Waals surface area contributed by atoms with Crippen LogP contribution in [-0.2, 0) is 31.8 Å². The van der Waals surface area contributed by atoms with Crippen molar-refractivity contribution in [1.82, 2.24) is 0 Å². The number of ether oxygens (including phenoxy) is 5. The lowest BCUT2D eigenvalue weighted by atomic mass is 10.0. The van der Waals surface area contributed by atoms with Crippen molar-refractivity contribution < 1.29 is 38.0 Å². The Labute approximate surface area is 170 Å². The van der Waals surface area contributed by atoms with Crippen molar-refractivity contribution in [2.24, 2.45) is 0 Å². The van der Waals surface area contributed by atoms with Gasteiger partial charge in [0.1, 0.15) is 23.0 Å². The smallest absolute Gasteiger partial charge is 0.310 e. The Kier molecular flexibility index (Phi) is 8.98. The largest absolute Gasteiger partial charge is 0.469 e. The molecular formula is C21H28O8. The number of aliphatic hydroxyl groups is 1. The van der Waals surface area contributed by atoms with Gasteiger partial charge in [-0.05, 0) is 37.1 Å². The standard InChI is InChI=1S/C21H28O8/c1-14(22)5-6-16-7-8-18(29-16)21-15(10-20(23)26-4)9-17(27-12-24-2)11-19(21)28-13-25-3/h7-9,11,14,22H,5-6,10,12-13H2,1-4H3. The van der Waals surface area contributed by atoms with Crippen molar-refractivity contribution in [3.63, 3.8) is 0 Å². The lowest BCUT2D eigenvalue weighted by molar-refractivity contribution is -0.139. The first-order valence-corrected chi connectivity index (χ1v) is 9.22. The van der Waals surface area contributed by atoms with Crippen LogP contribution in [0.3, 0.4) is 0 Å². The van der Waals surface area contributed by atoms with E-state index in [1.165, 1.54) is 21.3 Å². The first kappa shape index (κ1) is 22.7. The Morgan fingerprint density at radius 3 is 2.48 bits per heavy atom. The molecule has 2 aromatic rings. The number of rotatable bonds is 12. The van der Waals surface area contributed by atoms with E-state index < -0.39 is 12.1 Å². The van der Waals surface area contributed by atoms with Gasteiger partial charge < -0.3 is 33.2 Å². The first-order chi connectivity index (χ1) is 14.0. The van der Waals surface area contributed by atoms with Crippen LogP contribution in [0.5, 0.6) is 11.5 Å². The number of carbonyl (C=O) groups is 1. The van der Waals surface area contributed by atoms with E-state index in [0.29, 0.717) is 41.2 Å². The maximum Gasteiger partial charge on any atom is 0.310 e. The van der Waals surface area contributed by atoms with Crippen LogP contribution in [0.2, 0.25) is 0 Å². The van der Waals surface area contributed by atoms with Gasteiger partial charge in [0.15, 0.2) is 13.6 Å². The molecule has 0 aliphatic heterocycles. The molecule has 29 heavy (non-hydrogen) atoms. The monoisotopic (exact) mass is 408 g/mol. The molecule has 0 aliphatic carbocycles. The van der Waals surface area contributed by atoms with Crippen LogP contribution in [0.4, 0.5) is 0 Å². The summed E-state index contributed by atoms with van der Waals surface area (Å²) in [6.07, 6.45) is 0.756. The molecule has 0 spiro atoms. The first-order valence-electron chi connectivity index (χ1n) is 9.22. The van der Waals surface area contributed by atoms with Gasteiger partial charge in [0, 0.05) is 26.7 Å². The third-order valence-electron chi connectivity index (χ3n) is 4.11. The maximum atomic E-state index is 12.0. The second-order valence-electron chi connectivity index (χ2n) is 6.46. The molecule has 0 saturated heterocycles. The number of aliphatic hydroxyl groups excluding tert-OH is 1. The lowest BCUT2D eigenvalue weighted by Gasteiger charge is -2.16. The van der Waals surface area contributed by atoms with Crippen LogP contribution in [0.15, 0.2) is 28.7 Å². The molecule has 1 aromatic carbocycles. The second kappa shape index (κ2) is 11.5. The van der Waals surface area contributed by atoms with E-state index in [9.17, 15) is 9.90 Å². The van der Waals surface area contributed by atoms with Crippen molar-refractivity contribution in [1.29, 1.82) is 0 Å². The Balaban J connectivity index is 2.48. The van der Waals surface area contributed by atoms with E-state index in [-0.39, 0.29) is 20.0 Å². The van der Waals surface area contributed by atoms with Crippen molar-refractivity contribution in [3.8, 4) is 22.8 Å². The minimum absolute atomic E-state index is 0.00304. The SMILES string of the molecule is COCOc1cc(CC(=O)OC)c(-c2ccc(CCC(C)O)o2)c(OCOC)c1. The molecule has 1 heterocycles. The highest BCUT2D eigenvalue weighted by atomic mass is 16.7. The fourth-order valence-corrected chi connectivity index (χ4v) is 2.74. The topological polar surface area (TPSA) is 96.6 Å². The Hall–Kier alpha value is -2.55. The molecule has 0 radical (unpaired) electrons. The maximum absolute atomic E-state index is 12.0. The highest BCUT2D eigenvalue weighted by molar-refractivity contribution is 5.80. The van der Waals surface area contributed by atoms with Crippen LogP contribution in [-0.4, -0.2) is 52.1 Å². The number of carbonyl (C=O) groups excluding carboxylic acids is 1. The summed E-state index contributed by atoms with van der Waals surface area (Å²) in [7, 11) is 4.36. The van der Waals surface area contributed by atoms with E-state index in [2.05, 4.69) is 0 Å². The molecule has 1 aromatic heterocycles.